The predicted molar refractivity (Wildman–Crippen MR) is 73.5 cm³/mol. The van der Waals surface area contributed by atoms with Gasteiger partial charge in [-0.2, -0.15) is 0 Å². The first-order valence-electron chi connectivity index (χ1n) is 6.17. The van der Waals surface area contributed by atoms with Gasteiger partial charge in [-0.05, 0) is 19.1 Å². The number of hydrogen-bond acceptors (Lipinski definition) is 3. The number of hydrogen-bond donors (Lipinski definition) is 4. The van der Waals surface area contributed by atoms with E-state index in [1.165, 1.54) is 6.92 Å². The number of benzene rings is 1. The minimum absolute atomic E-state index is 0.131. The van der Waals surface area contributed by atoms with E-state index < -0.39 is 18.0 Å². The van der Waals surface area contributed by atoms with E-state index >= 15 is 0 Å². The third-order valence-electron chi connectivity index (χ3n) is 2.94. The molecule has 2 rings (SSSR count). The maximum atomic E-state index is 11.9. The van der Waals surface area contributed by atoms with Crippen LogP contribution in [0.15, 0.2) is 30.3 Å². The summed E-state index contributed by atoms with van der Waals surface area (Å²) in [5, 5.41) is 21.9. The molecule has 1 atom stereocenters. The molecule has 0 aliphatic rings. The van der Waals surface area contributed by atoms with Crippen LogP contribution in [-0.2, 0) is 4.79 Å². The quantitative estimate of drug-likeness (QED) is 0.657. The Hall–Kier alpha value is -2.34. The monoisotopic (exact) mass is 276 g/mol. The number of rotatable bonds is 5. The second-order valence-electron chi connectivity index (χ2n) is 5.02. The number of carbonyl (C=O) groups excluding carboxylic acids is 1. The van der Waals surface area contributed by atoms with Gasteiger partial charge in [0.15, 0.2) is 0 Å². The van der Waals surface area contributed by atoms with Gasteiger partial charge in [-0.25, -0.2) is 0 Å². The highest BCUT2D eigenvalue weighted by Crippen LogP contribution is 2.15. The summed E-state index contributed by atoms with van der Waals surface area (Å²) in [5.74, 6) is -1.50. The van der Waals surface area contributed by atoms with Gasteiger partial charge in [-0.3, -0.25) is 9.59 Å². The van der Waals surface area contributed by atoms with Gasteiger partial charge in [-0.15, -0.1) is 0 Å². The van der Waals surface area contributed by atoms with Crippen molar-refractivity contribution in [3.8, 4) is 0 Å². The van der Waals surface area contributed by atoms with Crippen LogP contribution in [0.4, 0.5) is 0 Å². The zero-order chi connectivity index (χ0) is 14.8. The van der Waals surface area contributed by atoms with E-state index in [2.05, 4.69) is 10.3 Å². The largest absolute Gasteiger partial charge is 0.481 e. The molecular formula is C14H16N2O4. The molecule has 0 bridgehead atoms. The van der Waals surface area contributed by atoms with Crippen LogP contribution in [0.25, 0.3) is 10.9 Å². The molecule has 20 heavy (non-hydrogen) atoms. The number of carboxylic acid groups (broad SMARTS) is 1. The van der Waals surface area contributed by atoms with E-state index in [0.29, 0.717) is 5.69 Å². The number of aromatic amines is 1. The molecule has 2 aromatic rings. The van der Waals surface area contributed by atoms with Crippen LogP contribution in [0.5, 0.6) is 0 Å². The molecular weight excluding hydrogens is 260 g/mol. The average molecular weight is 276 g/mol. The number of amides is 1. The summed E-state index contributed by atoms with van der Waals surface area (Å²) in [5.41, 5.74) is -0.264. The van der Waals surface area contributed by atoms with Crippen LogP contribution in [0.3, 0.4) is 0 Å². The molecule has 1 unspecified atom stereocenters. The van der Waals surface area contributed by atoms with Crippen LogP contribution in [0, 0.1) is 0 Å². The smallest absolute Gasteiger partial charge is 0.306 e. The maximum absolute atomic E-state index is 11.9. The number of para-hydroxylation sites is 1. The fourth-order valence-electron chi connectivity index (χ4n) is 1.95. The second-order valence-corrected chi connectivity index (χ2v) is 5.02. The van der Waals surface area contributed by atoms with Gasteiger partial charge in [-0.1, -0.05) is 18.2 Å². The Morgan fingerprint density at radius 1 is 1.35 bits per heavy atom. The number of carboxylic acids is 1. The molecule has 4 N–H and O–H groups in total. The lowest BCUT2D eigenvalue weighted by Gasteiger charge is -2.21. The van der Waals surface area contributed by atoms with Crippen molar-refractivity contribution in [2.75, 3.05) is 6.54 Å². The Balaban J connectivity index is 2.03. The van der Waals surface area contributed by atoms with E-state index in [0.717, 1.165) is 10.9 Å². The first-order chi connectivity index (χ1) is 9.37. The molecule has 0 aliphatic heterocycles. The molecule has 1 amide bonds. The Bertz CT molecular complexity index is 612. The van der Waals surface area contributed by atoms with Crippen molar-refractivity contribution in [2.45, 2.75) is 18.9 Å². The number of H-pyrrole nitrogens is 1. The predicted octanol–water partition coefficient (Wildman–Crippen LogP) is 1.12. The molecule has 0 saturated heterocycles. The van der Waals surface area contributed by atoms with Crippen molar-refractivity contribution >= 4 is 22.8 Å². The standard InChI is InChI=1S/C14H16N2O4/c1-14(20,7-12(17)18)8-15-13(19)11-6-9-4-2-3-5-10(9)16-11/h2-6,16,20H,7-8H2,1H3,(H,15,19)(H,17,18). The van der Waals surface area contributed by atoms with Crippen molar-refractivity contribution < 1.29 is 19.8 Å². The lowest BCUT2D eigenvalue weighted by atomic mass is 10.0. The average Bonchev–Trinajstić information content (AvgIpc) is 2.78. The minimum atomic E-state index is -1.48. The van der Waals surface area contributed by atoms with Crippen molar-refractivity contribution in [3.63, 3.8) is 0 Å². The number of fused-ring (bicyclic) bond motifs is 1. The summed E-state index contributed by atoms with van der Waals surface area (Å²) < 4.78 is 0. The van der Waals surface area contributed by atoms with Gasteiger partial charge < -0.3 is 20.5 Å². The zero-order valence-corrected chi connectivity index (χ0v) is 11.0. The van der Waals surface area contributed by atoms with Crippen molar-refractivity contribution in [1.29, 1.82) is 0 Å². The Labute approximate surface area is 115 Å². The van der Waals surface area contributed by atoms with Crippen LogP contribution >= 0.6 is 0 Å². The van der Waals surface area contributed by atoms with E-state index in [1.54, 1.807) is 6.07 Å². The minimum Gasteiger partial charge on any atom is -0.481 e. The molecule has 6 nitrogen and oxygen atoms in total. The van der Waals surface area contributed by atoms with Crippen LogP contribution in [0.1, 0.15) is 23.8 Å². The highest BCUT2D eigenvalue weighted by atomic mass is 16.4. The highest BCUT2D eigenvalue weighted by Gasteiger charge is 2.25. The van der Waals surface area contributed by atoms with Gasteiger partial charge in [0.2, 0.25) is 0 Å². The SMILES string of the molecule is CC(O)(CNC(=O)c1cc2ccccc2[nH]1)CC(=O)O. The van der Waals surface area contributed by atoms with Gasteiger partial charge in [0, 0.05) is 17.4 Å². The first-order valence-corrected chi connectivity index (χ1v) is 6.17. The summed E-state index contributed by atoms with van der Waals surface area (Å²) >= 11 is 0. The summed E-state index contributed by atoms with van der Waals surface area (Å²) in [7, 11) is 0. The second kappa shape index (κ2) is 5.34. The third kappa shape index (κ3) is 3.36. The fourth-order valence-corrected chi connectivity index (χ4v) is 1.95. The normalized spacial score (nSPS) is 13.9. The first kappa shape index (κ1) is 14.1. The molecule has 0 fully saturated rings. The number of aliphatic carboxylic acids is 1. The molecule has 0 saturated carbocycles. The Morgan fingerprint density at radius 2 is 2.05 bits per heavy atom. The molecule has 1 aromatic carbocycles. The molecule has 106 valence electrons. The molecule has 1 heterocycles. The van der Waals surface area contributed by atoms with E-state index in [9.17, 15) is 14.7 Å². The molecule has 0 spiro atoms. The van der Waals surface area contributed by atoms with E-state index in [1.807, 2.05) is 24.3 Å². The van der Waals surface area contributed by atoms with Gasteiger partial charge in [0.05, 0.1) is 12.0 Å². The van der Waals surface area contributed by atoms with Crippen molar-refractivity contribution in [2.24, 2.45) is 0 Å². The Morgan fingerprint density at radius 3 is 2.70 bits per heavy atom. The summed E-state index contributed by atoms with van der Waals surface area (Å²) in [6.07, 6.45) is -0.431. The molecule has 0 radical (unpaired) electrons. The summed E-state index contributed by atoms with van der Waals surface area (Å²) in [6.45, 7) is 1.24. The zero-order valence-electron chi connectivity index (χ0n) is 11.0. The van der Waals surface area contributed by atoms with Gasteiger partial charge >= 0.3 is 5.97 Å². The summed E-state index contributed by atoms with van der Waals surface area (Å²) in [4.78, 5) is 25.5. The number of aliphatic hydroxyl groups is 1. The van der Waals surface area contributed by atoms with Crippen molar-refractivity contribution in [3.05, 3.63) is 36.0 Å². The van der Waals surface area contributed by atoms with Crippen LogP contribution < -0.4 is 5.32 Å². The number of nitrogens with one attached hydrogen (secondary N) is 2. The van der Waals surface area contributed by atoms with Gasteiger partial charge in [0.1, 0.15) is 5.69 Å². The third-order valence-corrected chi connectivity index (χ3v) is 2.94. The lowest BCUT2D eigenvalue weighted by molar-refractivity contribution is -0.141. The van der Waals surface area contributed by atoms with Crippen molar-refractivity contribution in [1.82, 2.24) is 10.3 Å². The van der Waals surface area contributed by atoms with E-state index in [-0.39, 0.29) is 12.5 Å². The Kier molecular flexibility index (Phi) is 3.76. The van der Waals surface area contributed by atoms with Crippen LogP contribution in [-0.4, -0.2) is 39.2 Å². The number of carbonyl (C=O) groups is 2. The molecule has 1 aromatic heterocycles. The lowest BCUT2D eigenvalue weighted by Crippen LogP contribution is -2.42. The van der Waals surface area contributed by atoms with Crippen LogP contribution in [0.2, 0.25) is 0 Å². The highest BCUT2D eigenvalue weighted by molar-refractivity contribution is 5.98. The summed E-state index contributed by atoms with van der Waals surface area (Å²) in [6, 6.07) is 9.17. The van der Waals surface area contributed by atoms with E-state index in [4.69, 9.17) is 5.11 Å². The number of aromatic nitrogens is 1. The molecule has 0 aliphatic carbocycles. The van der Waals surface area contributed by atoms with Gasteiger partial charge in [0.25, 0.3) is 5.91 Å². The fraction of sp³-hybridized carbons (Fsp3) is 0.286. The topological polar surface area (TPSA) is 102 Å². The maximum Gasteiger partial charge on any atom is 0.306 e. The molecule has 6 heteroatoms.